The van der Waals surface area contributed by atoms with Crippen LogP contribution in [-0.2, 0) is 0 Å². The van der Waals surface area contributed by atoms with Crippen LogP contribution in [-0.4, -0.2) is 25.0 Å². The van der Waals surface area contributed by atoms with Crippen LogP contribution in [0.25, 0.3) is 0 Å². The Morgan fingerprint density at radius 1 is 0.750 bits per heavy atom. The standard InChI is InChI=1S/F5Te.FHO/c1-6(2,3,4)5;1-2/h;2H. The van der Waals surface area contributed by atoms with Gasteiger partial charge in [-0.25, -0.2) is 5.31 Å². The van der Waals surface area contributed by atoms with Crippen LogP contribution in [0.3, 0.4) is 0 Å². The Hall–Kier alpha value is 0.330. The van der Waals surface area contributed by atoms with Crippen molar-refractivity contribution in [3.05, 3.63) is 0 Å². The monoisotopic (exact) mass is 261 g/mol. The van der Waals surface area contributed by atoms with Crippen molar-refractivity contribution in [3.63, 3.8) is 0 Å². The number of rotatable bonds is 0. The summed E-state index contributed by atoms with van der Waals surface area (Å²) < 4.78 is 58.0. The van der Waals surface area contributed by atoms with Crippen molar-refractivity contribution in [1.82, 2.24) is 0 Å². The fourth-order valence-corrected chi connectivity index (χ4v) is 0. The first-order valence-corrected chi connectivity index (χ1v) is 5.34. The molecule has 0 aromatic rings. The summed E-state index contributed by atoms with van der Waals surface area (Å²) in [6, 6.07) is 0. The molecule has 0 spiro atoms. The predicted octanol–water partition coefficient (Wildman–Crippen LogP) is 1.58. The van der Waals surface area contributed by atoms with E-state index in [2.05, 4.69) is 0 Å². The van der Waals surface area contributed by atoms with E-state index in [1.54, 1.807) is 0 Å². The van der Waals surface area contributed by atoms with Gasteiger partial charge in [0.1, 0.15) is 0 Å². The Bertz CT molecular complexity index is 41.7. The maximum absolute atomic E-state index is 9.90. The summed E-state index contributed by atoms with van der Waals surface area (Å²) in [6.07, 6.45) is 0. The molecule has 1 radical (unpaired) electrons. The molecule has 0 heterocycles. The first-order valence-electron chi connectivity index (χ1n) is 0.941. The molecule has 0 amide bonds. The van der Waals surface area contributed by atoms with Crippen LogP contribution in [0.15, 0.2) is 0 Å². The van der Waals surface area contributed by atoms with Gasteiger partial charge in [0.05, 0.1) is 0 Å². The fourth-order valence-electron chi connectivity index (χ4n) is 0. The molecule has 0 aliphatic carbocycles. The molecular formula is HF6OTe. The van der Waals surface area contributed by atoms with Crippen molar-refractivity contribution < 1.29 is 24.3 Å². The van der Waals surface area contributed by atoms with Gasteiger partial charge in [0.2, 0.25) is 0 Å². The van der Waals surface area contributed by atoms with E-state index in [9.17, 15) is 14.5 Å². The van der Waals surface area contributed by atoms with E-state index in [1.807, 2.05) is 0 Å². The van der Waals surface area contributed by atoms with Crippen LogP contribution in [0.1, 0.15) is 0 Å². The molecule has 0 aliphatic heterocycles. The van der Waals surface area contributed by atoms with Gasteiger partial charge in [-0.1, -0.05) is 4.53 Å². The summed E-state index contributed by atoms with van der Waals surface area (Å²) in [7, 11) is 0. The van der Waals surface area contributed by atoms with E-state index in [0.29, 0.717) is 0 Å². The smallest absolute Gasteiger partial charge is 0.0519 e. The minimum Gasteiger partial charge on any atom is -0.209 e. The SMILES string of the molecule is F[Te](F)(F)(F)F.OF. The number of hydrogen-bond acceptors (Lipinski definition) is 1. The van der Waals surface area contributed by atoms with Gasteiger partial charge in [0, 0.05) is 0 Å². The van der Waals surface area contributed by atoms with Crippen LogP contribution in [0, 0.1) is 0 Å². The van der Waals surface area contributed by atoms with E-state index < -0.39 is 19.6 Å². The van der Waals surface area contributed by atoms with Crippen molar-refractivity contribution in [3.8, 4) is 0 Å². The Morgan fingerprint density at radius 3 is 0.750 bits per heavy atom. The summed E-state index contributed by atoms with van der Waals surface area (Å²) in [5.41, 5.74) is 0. The molecule has 8 heavy (non-hydrogen) atoms. The van der Waals surface area contributed by atoms with Gasteiger partial charge in [0.15, 0.2) is 0 Å². The maximum Gasteiger partial charge on any atom is -0.0519 e. The van der Waals surface area contributed by atoms with Crippen LogP contribution in [0.5, 0.6) is 0 Å². The summed E-state index contributed by atoms with van der Waals surface area (Å²) in [5, 5.41) is 5.50. The van der Waals surface area contributed by atoms with Crippen molar-refractivity contribution in [2.45, 2.75) is 0 Å². The maximum atomic E-state index is 9.90. The molecule has 0 aromatic heterocycles. The van der Waals surface area contributed by atoms with Gasteiger partial charge in [-0.2, -0.15) is 0 Å². The summed E-state index contributed by atoms with van der Waals surface area (Å²) in [4.78, 5) is 0. The Kier molecular flexibility index (Phi) is 3.84. The summed E-state index contributed by atoms with van der Waals surface area (Å²) >= 11 is -9.12. The molecule has 0 unspecified atom stereocenters. The second-order valence-electron chi connectivity index (χ2n) is 0.583. The van der Waals surface area contributed by atoms with Gasteiger partial charge in [-0.3, -0.25) is 0 Å². The molecule has 1 N–H and O–H groups in total. The molecule has 8 heteroatoms. The molecule has 1 nitrogen and oxygen atoms in total. The van der Waals surface area contributed by atoms with E-state index in [0.717, 1.165) is 0 Å². The van der Waals surface area contributed by atoms with Gasteiger partial charge < -0.3 is 0 Å². The fraction of sp³-hybridized carbons (Fsp3) is 0. The molecule has 0 aliphatic rings. The zero-order chi connectivity index (χ0) is 7.45. The third-order valence-electron chi connectivity index (χ3n) is 0. The second-order valence-corrected chi connectivity index (χ2v) is 3.91. The second kappa shape index (κ2) is 2.75. The van der Waals surface area contributed by atoms with E-state index >= 15 is 0 Å². The van der Waals surface area contributed by atoms with Crippen molar-refractivity contribution >= 4 is 19.6 Å². The molecule has 0 saturated heterocycles. The van der Waals surface area contributed by atoms with Crippen LogP contribution >= 0.6 is 0 Å². The predicted molar refractivity (Wildman–Crippen MR) is 14.6 cm³/mol. The molecule has 0 saturated carbocycles. The van der Waals surface area contributed by atoms with Gasteiger partial charge >= 0.3 is 34.1 Å². The van der Waals surface area contributed by atoms with Crippen LogP contribution < -0.4 is 0 Å². The van der Waals surface area contributed by atoms with Crippen molar-refractivity contribution in [2.75, 3.05) is 0 Å². The summed E-state index contributed by atoms with van der Waals surface area (Å²) in [5.74, 6) is 0. The Balaban J connectivity index is 0. The van der Waals surface area contributed by atoms with E-state index in [1.165, 1.54) is 0 Å². The molecule has 0 rings (SSSR count). The first kappa shape index (κ1) is 11.2. The third kappa shape index (κ3) is 1650. The topological polar surface area (TPSA) is 20.2 Å². The third-order valence-corrected chi connectivity index (χ3v) is 0. The molecule has 0 bridgehead atoms. The molecule has 55 valence electrons. The van der Waals surface area contributed by atoms with Gasteiger partial charge in [-0.15, -0.1) is 0 Å². The number of halogens is 6. The zero-order valence-corrected chi connectivity index (χ0v) is 5.45. The average Bonchev–Trinajstić information content (AvgIpc) is 1.33. The average molecular weight is 259 g/mol. The van der Waals surface area contributed by atoms with E-state index in [-0.39, 0.29) is 0 Å². The largest absolute Gasteiger partial charge is 0.209 e. The zero-order valence-electron chi connectivity index (χ0n) is 3.12. The van der Waals surface area contributed by atoms with Crippen LogP contribution in [0.2, 0.25) is 0 Å². The first-order chi connectivity index (χ1) is 3.24. The van der Waals surface area contributed by atoms with E-state index in [4.69, 9.17) is 9.84 Å². The minimum absolute atomic E-state index is 5.50. The normalized spacial score (nSPS) is 15.1. The molecule has 0 atom stereocenters. The summed E-state index contributed by atoms with van der Waals surface area (Å²) in [6.45, 7) is 0. The molecular weight excluding hydrogens is 258 g/mol. The van der Waals surface area contributed by atoms with Crippen LogP contribution in [0.4, 0.5) is 19.0 Å². The Morgan fingerprint density at radius 2 is 0.750 bits per heavy atom. The molecule has 0 aromatic carbocycles. The Labute approximate surface area is 44.6 Å². The van der Waals surface area contributed by atoms with Crippen molar-refractivity contribution in [2.24, 2.45) is 0 Å². The van der Waals surface area contributed by atoms with Crippen molar-refractivity contribution in [1.29, 1.82) is 0 Å². The van der Waals surface area contributed by atoms with Gasteiger partial charge in [-0.05, 0) is 0 Å². The number of hydrogen-bond donors (Lipinski definition) is 1. The van der Waals surface area contributed by atoms with Gasteiger partial charge in [0.25, 0.3) is 0 Å². The molecule has 0 fully saturated rings. The quantitative estimate of drug-likeness (QED) is 0.517. The minimum atomic E-state index is -9.12.